The largest absolute Gasteiger partial charge is 0.478 e. The van der Waals surface area contributed by atoms with Crippen molar-refractivity contribution < 1.29 is 71.8 Å². The second kappa shape index (κ2) is 39.3. The van der Waals surface area contributed by atoms with Gasteiger partial charge >= 0.3 is 35.8 Å². The van der Waals surface area contributed by atoms with Crippen LogP contribution in [-0.4, -0.2) is 236 Å². The number of hydrogen-bond acceptors (Lipinski definition) is 23. The molecule has 17 rings (SSSR count). The molecule has 2 aliphatic carbocycles. The molecule has 8 aliphatic rings. The van der Waals surface area contributed by atoms with E-state index in [1.807, 2.05) is 57.9 Å². The van der Waals surface area contributed by atoms with E-state index in [9.17, 15) is 33.9 Å². The second-order valence-electron chi connectivity index (χ2n) is 27.0. The zero-order valence-electron chi connectivity index (χ0n) is 62.0. The molecule has 586 valence electrons. The van der Waals surface area contributed by atoms with Crippen LogP contribution >= 0.6 is 47.8 Å². The molecule has 5 fully saturated rings. The number of rotatable bonds is 17. The molecule has 0 amide bonds. The van der Waals surface area contributed by atoms with Crippen LogP contribution in [0.4, 0.5) is 0 Å². The third kappa shape index (κ3) is 21.1. The van der Waals surface area contributed by atoms with Crippen LogP contribution in [0.3, 0.4) is 0 Å². The van der Waals surface area contributed by atoms with Crippen molar-refractivity contribution in [3.63, 3.8) is 0 Å². The van der Waals surface area contributed by atoms with Gasteiger partial charge < -0.3 is 43.0 Å². The van der Waals surface area contributed by atoms with Crippen molar-refractivity contribution in [1.82, 2.24) is 44.0 Å². The average molecular weight is 1710 g/mol. The van der Waals surface area contributed by atoms with E-state index in [0.29, 0.717) is 58.3 Å². The molecule has 111 heavy (non-hydrogen) atoms. The Hall–Kier alpha value is -9.24. The van der Waals surface area contributed by atoms with Crippen molar-refractivity contribution in [3.8, 4) is 0 Å². The topological polar surface area (TPSA) is 297 Å². The van der Waals surface area contributed by atoms with Crippen LogP contribution in [0.25, 0.3) is 32.7 Å². The highest BCUT2D eigenvalue weighted by Crippen LogP contribution is 2.44. The lowest BCUT2D eigenvalue weighted by atomic mass is 10.1. The molecule has 9 aromatic rings. The summed E-state index contributed by atoms with van der Waals surface area (Å²) in [5, 5.41) is 26.4. The summed E-state index contributed by atoms with van der Waals surface area (Å²) >= 11 is 10.2. The molecule has 1 N–H and O–H groups in total. The van der Waals surface area contributed by atoms with Crippen LogP contribution in [0.1, 0.15) is 152 Å². The fourth-order valence-corrected chi connectivity index (χ4v) is 14.9. The number of carbonyl (C=O) groups excluding carboxylic acids is 5. The van der Waals surface area contributed by atoms with E-state index in [0.717, 1.165) is 229 Å². The molecule has 0 radical (unpaired) electrons. The molecule has 9 heterocycles. The Morgan fingerprint density at radius 2 is 0.820 bits per heavy atom. The lowest BCUT2D eigenvalue weighted by molar-refractivity contribution is 0.0360. The van der Waals surface area contributed by atoms with Crippen molar-refractivity contribution in [2.45, 2.75) is 84.2 Å². The number of ether oxygens (including phenoxy) is 8. The molecule has 0 bridgehead atoms. The third-order valence-electron chi connectivity index (χ3n) is 19.8. The molecule has 0 spiro atoms. The number of morpholine rings is 3. The van der Waals surface area contributed by atoms with E-state index in [1.54, 1.807) is 67.0 Å². The first kappa shape index (κ1) is 82.7. The normalized spacial score (nSPS) is 16.1. The van der Waals surface area contributed by atoms with Gasteiger partial charge in [0.05, 0.1) is 176 Å². The van der Waals surface area contributed by atoms with Crippen molar-refractivity contribution in [2.75, 3.05) is 134 Å². The third-order valence-corrected chi connectivity index (χ3v) is 21.8. The summed E-state index contributed by atoms with van der Waals surface area (Å²) in [4.78, 5) is 88.0. The van der Waals surface area contributed by atoms with Gasteiger partial charge in [0.25, 0.3) is 0 Å². The molecule has 6 aromatic carbocycles. The van der Waals surface area contributed by atoms with Gasteiger partial charge in [-0.15, -0.1) is 0 Å². The Labute approximate surface area is 668 Å². The number of fused-ring (bicyclic) bond motifs is 6. The number of aliphatic imine (C=N–C) groups is 3. The first-order valence-electron chi connectivity index (χ1n) is 36.4. The van der Waals surface area contributed by atoms with E-state index in [1.165, 1.54) is 48.4 Å². The van der Waals surface area contributed by atoms with Gasteiger partial charge in [-0.1, -0.05) is 35.5 Å². The Bertz CT molecular complexity index is 4950. The van der Waals surface area contributed by atoms with Gasteiger partial charge in [-0.25, -0.2) is 28.8 Å². The SMILES string of the molecule is C.COC(=O)c1cc(Br)c2c(c1)C=NC2.COC(=O)c1ccc2c(c1)C(Br)=NC2.COC(=O)c1ccc2c(c1)C=NC2.COC(=O)c1ccc2c(c1)c(Br)nn2CCN1CCOCC1.COC(=O)c1ccc2c(c1)c(C1CC1)nn2CCN1CCOCC1.O=C(O)c1ccc2c(c1)c(C1CC1)nn2CCN1CCOCC1. The standard InChI is InChI=1S/C18H23N3O3.C17H21N3O3.C15H18BrN3O3.2C10H8BrNO2.C10H9NO2.CH4/c1-23-18(22)14-4-5-16-15(12-14)17(13-2-3-13)19-21(16)7-6-20-8-10-24-11-9-20;21-17(22)13-3-4-15-14(11-13)16(12-1-2-12)18-20(15)6-5-19-7-9-23-10-8-19;1-21-15(20)11-2-3-13-12(10-11)14(16)17-19(13)5-4-18-6-8-22-9-7-18;1-14-10(13)6-2-7-4-12-5-8(7)9(11)3-6;1-14-10(13)6-2-3-7-5-12-9(11)8(7)4-6;1-13-10(12)7-2-3-8-5-11-6-9(8)4-7;/h4-5,12-13H,2-3,6-11H2,1H3;3-4,11-12H,1-2,5-10H2,(H,21,22);2-3,10H,4-9H2,1H3;2*2-4H,5H2,1H3;2-4,6H,5H2,1H3;1H4. The molecule has 30 heteroatoms. The highest BCUT2D eigenvalue weighted by molar-refractivity contribution is 9.18. The molecule has 27 nitrogen and oxygen atoms in total. The Morgan fingerprint density at radius 1 is 0.432 bits per heavy atom. The summed E-state index contributed by atoms with van der Waals surface area (Å²) in [6.07, 6.45) is 8.25. The second-order valence-corrected chi connectivity index (χ2v) is 29.3. The molecule has 3 saturated heterocycles. The monoisotopic (exact) mass is 1710 g/mol. The Balaban J connectivity index is 0.000000134. The summed E-state index contributed by atoms with van der Waals surface area (Å²) < 4.78 is 48.2. The number of hydrogen-bond donors (Lipinski definition) is 1. The average Bonchev–Trinajstić information content (AvgIpc) is 1.60. The van der Waals surface area contributed by atoms with Crippen LogP contribution in [0.2, 0.25) is 0 Å². The highest BCUT2D eigenvalue weighted by atomic mass is 79.9. The number of esters is 5. The molecule has 0 unspecified atom stereocenters. The van der Waals surface area contributed by atoms with Crippen molar-refractivity contribution in [1.29, 1.82) is 0 Å². The smallest absolute Gasteiger partial charge is 0.337 e. The van der Waals surface area contributed by atoms with Gasteiger partial charge in [0.15, 0.2) is 0 Å². The van der Waals surface area contributed by atoms with Crippen LogP contribution in [-0.2, 0) is 77.2 Å². The fraction of sp³-hybridized carbons (Fsp3) is 0.407. The number of aromatic carboxylic acids is 1. The number of carbonyl (C=O) groups is 6. The van der Waals surface area contributed by atoms with Crippen LogP contribution < -0.4 is 0 Å². The number of carboxylic acid groups (broad SMARTS) is 1. The summed E-state index contributed by atoms with van der Waals surface area (Å²) in [7, 11) is 6.92. The van der Waals surface area contributed by atoms with Crippen molar-refractivity contribution in [2.24, 2.45) is 15.0 Å². The summed E-state index contributed by atoms with van der Waals surface area (Å²) in [6, 6.07) is 31.1. The zero-order chi connectivity index (χ0) is 77.4. The van der Waals surface area contributed by atoms with Gasteiger partial charge in [-0.2, -0.15) is 15.3 Å². The van der Waals surface area contributed by atoms with Crippen LogP contribution in [0.5, 0.6) is 0 Å². The Kier molecular flexibility index (Phi) is 29.3. The van der Waals surface area contributed by atoms with E-state index in [-0.39, 0.29) is 37.3 Å². The number of carboxylic acids is 1. The Morgan fingerprint density at radius 3 is 1.30 bits per heavy atom. The minimum atomic E-state index is -0.880. The van der Waals surface area contributed by atoms with Gasteiger partial charge in [0.2, 0.25) is 0 Å². The first-order valence-corrected chi connectivity index (χ1v) is 38.8. The summed E-state index contributed by atoms with van der Waals surface area (Å²) in [6.45, 7) is 18.1. The minimum Gasteiger partial charge on any atom is -0.478 e. The maximum absolute atomic E-state index is 11.8. The number of nitrogens with zero attached hydrogens (tertiary/aromatic N) is 12. The lowest BCUT2D eigenvalue weighted by Crippen LogP contribution is -2.38. The maximum Gasteiger partial charge on any atom is 0.337 e. The van der Waals surface area contributed by atoms with E-state index < -0.39 is 5.97 Å². The van der Waals surface area contributed by atoms with Crippen molar-refractivity contribution >= 4 is 133 Å². The number of halogens is 3. The fourth-order valence-electron chi connectivity index (χ4n) is 13.3. The van der Waals surface area contributed by atoms with E-state index >= 15 is 0 Å². The minimum absolute atomic E-state index is 0. The predicted octanol–water partition coefficient (Wildman–Crippen LogP) is 12.2. The molecule has 6 aliphatic heterocycles. The van der Waals surface area contributed by atoms with Gasteiger partial charge in [0.1, 0.15) is 9.22 Å². The number of aromatic nitrogens is 6. The van der Waals surface area contributed by atoms with Gasteiger partial charge in [0, 0.05) is 109 Å². The maximum atomic E-state index is 11.8. The van der Waals surface area contributed by atoms with E-state index in [4.69, 9.17) is 33.9 Å². The van der Waals surface area contributed by atoms with Crippen LogP contribution in [0.15, 0.2) is 127 Å². The molecule has 0 atom stereocenters. The van der Waals surface area contributed by atoms with Gasteiger partial charge in [-0.3, -0.25) is 43.7 Å². The van der Waals surface area contributed by atoms with Gasteiger partial charge in [-0.05, 0) is 176 Å². The molecular formula is C81H91Br3N12O15. The summed E-state index contributed by atoms with van der Waals surface area (Å²) in [5.41, 5.74) is 14.9. The predicted molar refractivity (Wildman–Crippen MR) is 432 cm³/mol. The number of methoxy groups -OCH3 is 5. The molecular weight excluding hydrogens is 1620 g/mol. The highest BCUT2D eigenvalue weighted by Gasteiger charge is 2.32. The summed E-state index contributed by atoms with van der Waals surface area (Å²) in [5.74, 6) is -1.41. The zero-order valence-corrected chi connectivity index (χ0v) is 66.7. The number of benzene rings is 6. The molecule has 3 aromatic heterocycles. The van der Waals surface area contributed by atoms with Crippen LogP contribution in [0, 0.1) is 0 Å². The van der Waals surface area contributed by atoms with Crippen molar-refractivity contribution in [3.05, 3.63) is 190 Å². The lowest BCUT2D eigenvalue weighted by Gasteiger charge is -2.26. The van der Waals surface area contributed by atoms with E-state index in [2.05, 4.69) is 101 Å². The first-order chi connectivity index (χ1) is 53.4. The molecule has 2 saturated carbocycles. The quantitative estimate of drug-likeness (QED) is 0.0654.